The van der Waals surface area contributed by atoms with Crippen LogP contribution in [0.3, 0.4) is 0 Å². The molecular formula is C21H20N4O4. The van der Waals surface area contributed by atoms with Crippen LogP contribution in [0.25, 0.3) is 11.1 Å². The summed E-state index contributed by atoms with van der Waals surface area (Å²) in [5.41, 5.74) is 4.44. The maximum Gasteiger partial charge on any atom is 0.407 e. The van der Waals surface area contributed by atoms with Gasteiger partial charge in [-0.05, 0) is 22.3 Å². The number of alkyl carbamates (subject to hydrolysis) is 1. The molecule has 1 aromatic heterocycles. The number of nitrogens with one attached hydrogen (secondary N) is 1. The number of carbonyl (C=O) groups is 2. The highest BCUT2D eigenvalue weighted by atomic mass is 16.5. The Morgan fingerprint density at radius 3 is 2.31 bits per heavy atom. The molecule has 0 saturated carbocycles. The van der Waals surface area contributed by atoms with Crippen molar-refractivity contribution >= 4 is 12.1 Å². The van der Waals surface area contributed by atoms with Crippen LogP contribution in [-0.2, 0) is 23.0 Å². The Labute approximate surface area is 167 Å². The minimum atomic E-state index is -1.17. The molecule has 1 unspecified atom stereocenters. The molecular weight excluding hydrogens is 372 g/mol. The number of aliphatic carboxylic acids is 1. The maximum absolute atomic E-state index is 12.3. The fourth-order valence-corrected chi connectivity index (χ4v) is 3.66. The number of fused-ring (bicyclic) bond motifs is 3. The second-order valence-electron chi connectivity index (χ2n) is 6.92. The summed E-state index contributed by atoms with van der Waals surface area (Å²) in [5, 5.41) is 19.4. The van der Waals surface area contributed by atoms with E-state index in [-0.39, 0.29) is 18.9 Å². The maximum atomic E-state index is 12.3. The summed E-state index contributed by atoms with van der Waals surface area (Å²) >= 11 is 0. The molecule has 1 heterocycles. The Morgan fingerprint density at radius 1 is 1.14 bits per heavy atom. The van der Waals surface area contributed by atoms with Gasteiger partial charge in [-0.25, -0.2) is 9.59 Å². The number of carboxylic acids is 1. The largest absolute Gasteiger partial charge is 0.480 e. The SMILES string of the molecule is Cn1cnnc1CC(NC(=O)OCC1c2ccccc2-c2ccccc21)C(=O)O. The Bertz CT molecular complexity index is 1020. The summed E-state index contributed by atoms with van der Waals surface area (Å²) in [6, 6.07) is 14.9. The molecule has 8 nitrogen and oxygen atoms in total. The summed E-state index contributed by atoms with van der Waals surface area (Å²) in [6.45, 7) is 0.121. The Balaban J connectivity index is 1.44. The zero-order valence-corrected chi connectivity index (χ0v) is 15.8. The monoisotopic (exact) mass is 392 g/mol. The van der Waals surface area contributed by atoms with Crippen molar-refractivity contribution in [3.05, 3.63) is 71.8 Å². The molecule has 29 heavy (non-hydrogen) atoms. The van der Waals surface area contributed by atoms with E-state index in [9.17, 15) is 14.7 Å². The van der Waals surface area contributed by atoms with E-state index >= 15 is 0 Å². The Hall–Kier alpha value is -3.68. The molecule has 1 aliphatic rings. The third kappa shape index (κ3) is 3.69. The number of ether oxygens (including phenoxy) is 1. The topological polar surface area (TPSA) is 106 Å². The highest BCUT2D eigenvalue weighted by molar-refractivity contribution is 5.81. The molecule has 1 atom stereocenters. The van der Waals surface area contributed by atoms with Gasteiger partial charge in [-0.2, -0.15) is 0 Å². The van der Waals surface area contributed by atoms with Crippen LogP contribution in [0.5, 0.6) is 0 Å². The lowest BCUT2D eigenvalue weighted by Gasteiger charge is -2.17. The van der Waals surface area contributed by atoms with Gasteiger partial charge in [0.05, 0.1) is 0 Å². The second kappa shape index (κ2) is 7.75. The number of carboxylic acid groups (broad SMARTS) is 1. The molecule has 2 aromatic carbocycles. The lowest BCUT2D eigenvalue weighted by Crippen LogP contribution is -2.43. The van der Waals surface area contributed by atoms with Crippen molar-refractivity contribution in [3.8, 4) is 11.1 Å². The van der Waals surface area contributed by atoms with Crippen molar-refractivity contribution < 1.29 is 19.4 Å². The van der Waals surface area contributed by atoms with Crippen LogP contribution >= 0.6 is 0 Å². The summed E-state index contributed by atoms with van der Waals surface area (Å²) in [6.07, 6.45) is 0.707. The van der Waals surface area contributed by atoms with E-state index in [4.69, 9.17) is 4.74 Å². The molecule has 4 rings (SSSR count). The molecule has 0 saturated heterocycles. The van der Waals surface area contributed by atoms with Crippen molar-refractivity contribution in [3.63, 3.8) is 0 Å². The zero-order chi connectivity index (χ0) is 20.4. The fraction of sp³-hybridized carbons (Fsp3) is 0.238. The Morgan fingerprint density at radius 2 is 1.76 bits per heavy atom. The minimum Gasteiger partial charge on any atom is -0.480 e. The molecule has 2 N–H and O–H groups in total. The number of aromatic nitrogens is 3. The predicted molar refractivity (Wildman–Crippen MR) is 104 cm³/mol. The second-order valence-corrected chi connectivity index (χ2v) is 6.92. The summed E-state index contributed by atoms with van der Waals surface area (Å²) in [4.78, 5) is 23.8. The highest BCUT2D eigenvalue weighted by Gasteiger charge is 2.30. The van der Waals surface area contributed by atoms with Gasteiger partial charge in [0, 0.05) is 19.4 Å². The predicted octanol–water partition coefficient (Wildman–Crippen LogP) is 2.35. The lowest BCUT2D eigenvalue weighted by atomic mass is 9.98. The number of hydrogen-bond acceptors (Lipinski definition) is 5. The smallest absolute Gasteiger partial charge is 0.407 e. The summed E-state index contributed by atoms with van der Waals surface area (Å²) < 4.78 is 7.02. The first-order valence-corrected chi connectivity index (χ1v) is 9.21. The molecule has 0 fully saturated rings. The highest BCUT2D eigenvalue weighted by Crippen LogP contribution is 2.44. The third-order valence-corrected chi connectivity index (χ3v) is 5.13. The van der Waals surface area contributed by atoms with Gasteiger partial charge in [0.2, 0.25) is 0 Å². The van der Waals surface area contributed by atoms with Crippen molar-refractivity contribution in [2.24, 2.45) is 7.05 Å². The number of benzene rings is 2. The lowest BCUT2D eigenvalue weighted by molar-refractivity contribution is -0.139. The van der Waals surface area contributed by atoms with Crippen molar-refractivity contribution in [2.75, 3.05) is 6.61 Å². The normalized spacial score (nSPS) is 13.4. The van der Waals surface area contributed by atoms with Crippen LogP contribution in [0.4, 0.5) is 4.79 Å². The van der Waals surface area contributed by atoms with Crippen LogP contribution in [0.1, 0.15) is 22.9 Å². The first kappa shape index (κ1) is 18.7. The third-order valence-electron chi connectivity index (χ3n) is 5.13. The molecule has 1 amide bonds. The van der Waals surface area contributed by atoms with Gasteiger partial charge in [-0.3, -0.25) is 0 Å². The van der Waals surface area contributed by atoms with E-state index < -0.39 is 18.1 Å². The van der Waals surface area contributed by atoms with Crippen LogP contribution in [0.15, 0.2) is 54.9 Å². The average Bonchev–Trinajstić information content (AvgIpc) is 3.27. The van der Waals surface area contributed by atoms with Crippen molar-refractivity contribution in [1.29, 1.82) is 0 Å². The minimum absolute atomic E-state index is 0.00995. The van der Waals surface area contributed by atoms with Crippen LogP contribution < -0.4 is 5.32 Å². The van der Waals surface area contributed by atoms with E-state index in [0.29, 0.717) is 5.82 Å². The van der Waals surface area contributed by atoms with Gasteiger partial charge in [-0.1, -0.05) is 48.5 Å². The van der Waals surface area contributed by atoms with Crippen molar-refractivity contribution in [2.45, 2.75) is 18.4 Å². The fourth-order valence-electron chi connectivity index (χ4n) is 3.66. The first-order chi connectivity index (χ1) is 14.0. The van der Waals surface area contributed by atoms with Crippen LogP contribution in [0.2, 0.25) is 0 Å². The molecule has 148 valence electrons. The van der Waals surface area contributed by atoms with Gasteiger partial charge >= 0.3 is 12.1 Å². The molecule has 8 heteroatoms. The zero-order valence-electron chi connectivity index (χ0n) is 15.8. The molecule has 0 radical (unpaired) electrons. The number of amides is 1. The van der Waals surface area contributed by atoms with E-state index in [1.54, 1.807) is 11.6 Å². The number of aryl methyl sites for hydroxylation is 1. The molecule has 3 aromatic rings. The van der Waals surface area contributed by atoms with E-state index in [2.05, 4.69) is 27.6 Å². The van der Waals surface area contributed by atoms with Gasteiger partial charge in [-0.15, -0.1) is 10.2 Å². The standard InChI is InChI=1S/C21H20N4O4/c1-25-12-22-24-19(25)10-18(20(26)27)23-21(28)29-11-17-15-8-4-2-6-13(15)14-7-3-5-9-16(14)17/h2-9,12,17-18H,10-11H2,1H3,(H,23,28)(H,26,27). The van der Waals surface area contributed by atoms with Crippen molar-refractivity contribution in [1.82, 2.24) is 20.1 Å². The molecule has 0 spiro atoms. The van der Waals surface area contributed by atoms with Crippen LogP contribution in [-0.4, -0.2) is 44.6 Å². The van der Waals surface area contributed by atoms with E-state index in [1.807, 2.05) is 36.4 Å². The number of hydrogen-bond donors (Lipinski definition) is 2. The Kier molecular flexibility index (Phi) is 4.99. The van der Waals surface area contributed by atoms with E-state index in [1.165, 1.54) is 6.33 Å². The summed E-state index contributed by atoms with van der Waals surface area (Å²) in [7, 11) is 1.71. The number of carbonyl (C=O) groups excluding carboxylic acids is 1. The molecule has 1 aliphatic carbocycles. The van der Waals surface area contributed by atoms with E-state index in [0.717, 1.165) is 22.3 Å². The number of rotatable bonds is 6. The average molecular weight is 392 g/mol. The molecule has 0 bridgehead atoms. The number of nitrogens with zero attached hydrogens (tertiary/aromatic N) is 3. The quantitative estimate of drug-likeness (QED) is 0.667. The van der Waals surface area contributed by atoms with Gasteiger partial charge in [0.25, 0.3) is 0 Å². The molecule has 0 aliphatic heterocycles. The first-order valence-electron chi connectivity index (χ1n) is 9.21. The van der Waals surface area contributed by atoms with Gasteiger partial charge in [0.1, 0.15) is 24.8 Å². The summed E-state index contributed by atoms with van der Waals surface area (Å²) in [5.74, 6) is -0.798. The van der Waals surface area contributed by atoms with Gasteiger partial charge < -0.3 is 19.7 Å². The van der Waals surface area contributed by atoms with Gasteiger partial charge in [0.15, 0.2) is 0 Å². The van der Waals surface area contributed by atoms with Crippen LogP contribution in [0, 0.1) is 0 Å².